The average molecular weight is 1010 g/mol. The van der Waals surface area contributed by atoms with E-state index in [0.717, 1.165) is 118 Å². The quantitative estimate of drug-likeness (QED) is 0.0486. The predicted octanol–water partition coefficient (Wildman–Crippen LogP) is 7.21. The molecule has 0 radical (unpaired) electrons. The summed E-state index contributed by atoms with van der Waals surface area (Å²) in [7, 11) is 0. The van der Waals surface area contributed by atoms with Gasteiger partial charge in [-0.25, -0.2) is 0 Å². The van der Waals surface area contributed by atoms with E-state index in [0.29, 0.717) is 5.75 Å². The molecule has 0 amide bonds. The van der Waals surface area contributed by atoms with Crippen molar-refractivity contribution >= 4 is 76.2 Å². The van der Waals surface area contributed by atoms with Gasteiger partial charge in [0, 0.05) is 37.9 Å². The van der Waals surface area contributed by atoms with Crippen molar-refractivity contribution in [3.8, 4) is 11.5 Å². The number of hydrogen-bond donors (Lipinski definition) is 1. The zero-order valence-corrected chi connectivity index (χ0v) is 42.3. The van der Waals surface area contributed by atoms with Crippen LogP contribution >= 0.6 is 47.8 Å². The zero-order valence-electron chi connectivity index (χ0n) is 31.3. The molecule has 0 atom stereocenters. The van der Waals surface area contributed by atoms with Gasteiger partial charge in [-0.3, -0.25) is 4.79 Å². The van der Waals surface area contributed by atoms with Crippen molar-refractivity contribution in [2.45, 2.75) is 107 Å². The number of aromatic nitrogens is 2. The maximum atomic E-state index is 9.89. The van der Waals surface area contributed by atoms with Crippen LogP contribution in [0.4, 0.5) is 0 Å². The fraction of sp³-hybridized carbons (Fsp3) is 0.595. The van der Waals surface area contributed by atoms with Crippen LogP contribution in [0.15, 0.2) is 33.3 Å². The first-order chi connectivity index (χ1) is 23.2. The molecule has 13 heteroatoms. The van der Waals surface area contributed by atoms with Crippen LogP contribution in [-0.4, -0.2) is 44.5 Å². The first-order valence-electron chi connectivity index (χ1n) is 16.7. The Morgan fingerprint density at radius 3 is 1.62 bits per heavy atom. The molecule has 1 N–H and O–H groups in total. The Morgan fingerprint density at radius 2 is 1.22 bits per heavy atom. The van der Waals surface area contributed by atoms with Gasteiger partial charge in [0.2, 0.25) is 0 Å². The summed E-state index contributed by atoms with van der Waals surface area (Å²) in [5.74, 6) is 1.25. The third-order valence-electron chi connectivity index (χ3n) is 6.81. The Hall–Kier alpha value is -0.0981. The molecule has 4 rings (SSSR count). The molecule has 2 aromatic carbocycles. The summed E-state index contributed by atoms with van der Waals surface area (Å²) in [5, 5.41) is 32.2. The molecule has 276 valence electrons. The normalized spacial score (nSPS) is 11.0. The first kappa shape index (κ1) is 49.9. The summed E-state index contributed by atoms with van der Waals surface area (Å²) in [5.41, 5.74) is 6.08. The van der Waals surface area contributed by atoms with Crippen LogP contribution in [0.5, 0.6) is 11.5 Å². The number of benzene rings is 2. The van der Waals surface area contributed by atoms with E-state index in [9.17, 15) is 5.11 Å². The number of fused-ring (bicyclic) bond motifs is 2. The fourth-order valence-electron chi connectivity index (χ4n) is 4.85. The van der Waals surface area contributed by atoms with Crippen molar-refractivity contribution in [3.05, 3.63) is 46.8 Å². The number of phenols is 1. The van der Waals surface area contributed by atoms with E-state index in [1.165, 1.54) is 6.42 Å². The van der Waals surface area contributed by atoms with Crippen molar-refractivity contribution in [1.29, 1.82) is 0 Å². The van der Waals surface area contributed by atoms with Gasteiger partial charge in [0.05, 0.1) is 18.0 Å². The van der Waals surface area contributed by atoms with Gasteiger partial charge in [-0.1, -0.05) is 126 Å². The van der Waals surface area contributed by atoms with Crippen LogP contribution in [0.1, 0.15) is 104 Å². The molecule has 50 heavy (non-hydrogen) atoms. The van der Waals surface area contributed by atoms with Gasteiger partial charge in [-0.05, 0) is 73.6 Å². The molecule has 0 aliphatic rings. The molecule has 0 saturated carbocycles. The van der Waals surface area contributed by atoms with Gasteiger partial charge < -0.3 is 29.0 Å². The third-order valence-corrected chi connectivity index (χ3v) is 8.49. The van der Waals surface area contributed by atoms with Crippen LogP contribution < -0.4 is 78.9 Å². The molecule has 9 nitrogen and oxygen atoms in total. The van der Waals surface area contributed by atoms with Crippen LogP contribution in [0, 0.1) is 10.8 Å². The number of phenolic OH excluding ortho intramolecular Hbond substituents is 1. The number of aromatic hydroxyl groups is 1. The Labute approximate surface area is 382 Å². The van der Waals surface area contributed by atoms with Gasteiger partial charge in [-0.2, -0.15) is 0 Å². The van der Waals surface area contributed by atoms with Crippen LogP contribution in [0.2, 0.25) is 0 Å². The monoisotopic (exact) mass is 1010 g/mol. The maximum Gasteiger partial charge on any atom is 1.00 e. The summed E-state index contributed by atoms with van der Waals surface area (Å²) < 4.78 is 17.1. The zero-order chi connectivity index (χ0) is 37.0. The minimum Gasteiger partial charge on any atom is -0.662 e. The third kappa shape index (κ3) is 18.3. The van der Waals surface area contributed by atoms with Gasteiger partial charge in [0.25, 0.3) is 6.47 Å². The number of rotatable bonds is 13. The van der Waals surface area contributed by atoms with E-state index in [1.54, 1.807) is 6.07 Å². The standard InChI is InChI=1S/C18H26BrNO2.C15H21NO2.C3H6Br2.CH2O3.Cs/c1-5-7-14-16(21-11-6-10-19)9-8-13-15(12-18(2,3)4)20-22-17(13)14;1-5-6-11-13(17)8-7-10-12(9-15(2,3)4)16-18-14(10)11;4-2-1-3-5;2-1-4-3;/h8-9H,5-7,10-12H2,1-4H3;7-8,17H,5-6,9H2,1-4H3;1-3H2;1,3H;/q;;;;+1/p-1. The number of hydrogen-bond acceptors (Lipinski definition) is 9. The topological polar surface area (TPSA) is 131 Å². The molecule has 0 unspecified atom stereocenters. The van der Waals surface area contributed by atoms with Gasteiger partial charge in [0.15, 0.2) is 11.2 Å². The molecule has 0 bridgehead atoms. The molecule has 2 aromatic heterocycles. The Morgan fingerprint density at radius 1 is 0.780 bits per heavy atom. The number of halogens is 3. The van der Waals surface area contributed by atoms with Crippen molar-refractivity contribution < 1.29 is 103 Å². The molecule has 0 saturated heterocycles. The van der Waals surface area contributed by atoms with E-state index < -0.39 is 0 Å². The molecule has 0 aliphatic heterocycles. The van der Waals surface area contributed by atoms with E-state index in [1.807, 2.05) is 6.07 Å². The fourth-order valence-corrected chi connectivity index (χ4v) is 6.39. The minimum absolute atomic E-state index is 0. The molecule has 0 spiro atoms. The van der Waals surface area contributed by atoms with E-state index in [2.05, 4.69) is 131 Å². The van der Waals surface area contributed by atoms with Crippen molar-refractivity contribution in [2.24, 2.45) is 10.8 Å². The van der Waals surface area contributed by atoms with E-state index in [-0.39, 0.29) is 86.2 Å². The van der Waals surface area contributed by atoms with Gasteiger partial charge >= 0.3 is 68.9 Å². The molecule has 0 aliphatic carbocycles. The van der Waals surface area contributed by atoms with Crippen molar-refractivity contribution in [3.63, 3.8) is 0 Å². The number of alkyl halides is 3. The van der Waals surface area contributed by atoms with Crippen LogP contribution in [-0.2, 0) is 35.4 Å². The average Bonchev–Trinajstić information content (AvgIpc) is 3.63. The molecular weight excluding hydrogens is 957 g/mol. The molecular formula is C37H54Br3CsN2O7. The van der Waals surface area contributed by atoms with Gasteiger partial charge in [0.1, 0.15) is 11.5 Å². The van der Waals surface area contributed by atoms with E-state index >= 15 is 0 Å². The SMILES string of the molecule is BrCCCBr.CCCc1c(O)ccc2c(CC(C)(C)C)noc12.CCCc1c(OCCCBr)ccc2c(CC(C)(C)C)noc12.O=CO[O-].[Cs+]. The summed E-state index contributed by atoms with van der Waals surface area (Å²) in [6, 6.07) is 7.82. The van der Waals surface area contributed by atoms with Gasteiger partial charge in [-0.15, -0.1) is 0 Å². The summed E-state index contributed by atoms with van der Waals surface area (Å²) in [6.07, 6.45) is 7.80. The second-order valence-corrected chi connectivity index (χ2v) is 16.3. The minimum atomic E-state index is -0.181. The molecule has 0 fully saturated rings. The summed E-state index contributed by atoms with van der Waals surface area (Å²) in [6.45, 7) is 18.0. The first-order valence-corrected chi connectivity index (χ1v) is 20.1. The Bertz CT molecular complexity index is 1510. The number of carbonyl (C=O) groups excluding carboxylic acids is 1. The Kier molecular flexibility index (Phi) is 26.6. The van der Waals surface area contributed by atoms with E-state index in [4.69, 9.17) is 23.8 Å². The number of ether oxygens (including phenoxy) is 1. The van der Waals surface area contributed by atoms with Crippen LogP contribution in [0.3, 0.4) is 0 Å². The summed E-state index contributed by atoms with van der Waals surface area (Å²) in [4.78, 5) is 11.2. The number of aryl methyl sites for hydroxylation is 2. The number of carbonyl (C=O) groups is 1. The van der Waals surface area contributed by atoms with Crippen molar-refractivity contribution in [1.82, 2.24) is 10.3 Å². The smallest absolute Gasteiger partial charge is 0.662 e. The second kappa shape index (κ2) is 26.6. The maximum absolute atomic E-state index is 9.89. The second-order valence-electron chi connectivity index (χ2n) is 13.9. The largest absolute Gasteiger partial charge is 1.00 e. The Balaban J connectivity index is 0.000000769. The summed E-state index contributed by atoms with van der Waals surface area (Å²) >= 11 is 9.99. The predicted molar refractivity (Wildman–Crippen MR) is 207 cm³/mol. The van der Waals surface area contributed by atoms with Crippen molar-refractivity contribution in [2.75, 3.05) is 22.6 Å². The molecule has 4 aromatic rings. The molecule has 2 heterocycles. The number of nitrogens with zero attached hydrogens (tertiary/aromatic N) is 2. The van der Waals surface area contributed by atoms with Crippen LogP contribution in [0.25, 0.3) is 21.9 Å².